The van der Waals surface area contributed by atoms with Gasteiger partial charge in [-0.2, -0.15) is 13.2 Å². The van der Waals surface area contributed by atoms with Crippen molar-refractivity contribution in [2.24, 2.45) is 0 Å². The number of hydrogen-bond acceptors (Lipinski definition) is 4. The highest BCUT2D eigenvalue weighted by Crippen LogP contribution is 2.39. The van der Waals surface area contributed by atoms with Crippen LogP contribution in [-0.2, 0) is 6.18 Å². The van der Waals surface area contributed by atoms with E-state index in [-0.39, 0.29) is 0 Å². The third-order valence-electron chi connectivity index (χ3n) is 3.70. The number of benzene rings is 2. The Morgan fingerprint density at radius 3 is 2.19 bits per heavy atom. The van der Waals surface area contributed by atoms with Crippen molar-refractivity contribution >= 4 is 11.9 Å². The van der Waals surface area contributed by atoms with E-state index in [4.69, 9.17) is 14.2 Å². The molecule has 144 valence electrons. The number of ketones is 1. The van der Waals surface area contributed by atoms with Crippen LogP contribution in [0.5, 0.6) is 17.2 Å². The summed E-state index contributed by atoms with van der Waals surface area (Å²) in [7, 11) is 2.91. The molecule has 2 aromatic carbocycles. The molecule has 0 bridgehead atoms. The second-order valence-corrected chi connectivity index (χ2v) is 5.43. The minimum Gasteiger partial charge on any atom is -0.493 e. The van der Waals surface area contributed by atoms with Gasteiger partial charge in [-0.3, -0.25) is 4.79 Å². The molecular weight excluding hydrogens is 361 g/mol. The lowest BCUT2D eigenvalue weighted by Gasteiger charge is -2.14. The van der Waals surface area contributed by atoms with Crippen LogP contribution in [0.15, 0.2) is 42.5 Å². The SMILES string of the molecule is CCOc1c(OC)cc(/C=C/C(=O)c2ccccc2C(F)(F)F)cc1OC. The molecule has 0 spiro atoms. The molecule has 0 N–H and O–H groups in total. The van der Waals surface area contributed by atoms with Crippen molar-refractivity contribution in [3.8, 4) is 17.2 Å². The molecule has 0 aromatic heterocycles. The van der Waals surface area contributed by atoms with Gasteiger partial charge in [-0.05, 0) is 36.8 Å². The molecule has 0 saturated heterocycles. The number of rotatable bonds is 7. The Balaban J connectivity index is 2.37. The van der Waals surface area contributed by atoms with Gasteiger partial charge in [-0.25, -0.2) is 0 Å². The molecule has 27 heavy (non-hydrogen) atoms. The Bertz CT molecular complexity index is 816. The van der Waals surface area contributed by atoms with E-state index in [0.29, 0.717) is 29.4 Å². The first-order valence-electron chi connectivity index (χ1n) is 8.09. The first kappa shape index (κ1) is 20.4. The maximum atomic E-state index is 13.1. The summed E-state index contributed by atoms with van der Waals surface area (Å²) in [6, 6.07) is 7.86. The van der Waals surface area contributed by atoms with Gasteiger partial charge in [0.2, 0.25) is 5.75 Å². The van der Waals surface area contributed by atoms with Crippen LogP contribution in [0.1, 0.15) is 28.4 Å². The molecule has 0 atom stereocenters. The van der Waals surface area contributed by atoms with E-state index < -0.39 is 23.1 Å². The molecule has 0 heterocycles. The van der Waals surface area contributed by atoms with Crippen molar-refractivity contribution in [1.82, 2.24) is 0 Å². The third-order valence-corrected chi connectivity index (χ3v) is 3.70. The fourth-order valence-corrected chi connectivity index (χ4v) is 2.49. The summed E-state index contributed by atoms with van der Waals surface area (Å²) in [5.74, 6) is 0.432. The Morgan fingerprint density at radius 2 is 1.67 bits per heavy atom. The minimum absolute atomic E-state index is 0.388. The number of carbonyl (C=O) groups excluding carboxylic acids is 1. The summed E-state index contributed by atoms with van der Waals surface area (Å²) in [6.45, 7) is 2.21. The Hall–Kier alpha value is -2.96. The van der Waals surface area contributed by atoms with Crippen LogP contribution in [0.3, 0.4) is 0 Å². The summed E-state index contributed by atoms with van der Waals surface area (Å²) in [5.41, 5.74) is -0.863. The predicted molar refractivity (Wildman–Crippen MR) is 95.5 cm³/mol. The Labute approximate surface area is 155 Å². The summed E-state index contributed by atoms with van der Waals surface area (Å²) in [6.07, 6.45) is -2.12. The molecule has 0 aliphatic heterocycles. The molecule has 0 saturated carbocycles. The first-order chi connectivity index (χ1) is 12.8. The molecule has 0 aliphatic rings. The van der Waals surface area contributed by atoms with Gasteiger partial charge < -0.3 is 14.2 Å². The second kappa shape index (κ2) is 8.62. The maximum absolute atomic E-state index is 13.1. The van der Waals surface area contributed by atoms with Gasteiger partial charge in [0.15, 0.2) is 17.3 Å². The van der Waals surface area contributed by atoms with Crippen LogP contribution in [0.25, 0.3) is 6.08 Å². The fraction of sp³-hybridized carbons (Fsp3) is 0.250. The number of ether oxygens (including phenoxy) is 3. The summed E-state index contributed by atoms with van der Waals surface area (Å²) < 4.78 is 55.2. The highest BCUT2D eigenvalue weighted by Gasteiger charge is 2.34. The van der Waals surface area contributed by atoms with E-state index in [1.165, 1.54) is 32.4 Å². The van der Waals surface area contributed by atoms with E-state index in [9.17, 15) is 18.0 Å². The van der Waals surface area contributed by atoms with Crippen LogP contribution < -0.4 is 14.2 Å². The number of halogens is 3. The zero-order chi connectivity index (χ0) is 20.0. The third kappa shape index (κ3) is 4.81. The monoisotopic (exact) mass is 380 g/mol. The van der Waals surface area contributed by atoms with E-state index in [1.807, 2.05) is 6.92 Å². The highest BCUT2D eigenvalue weighted by atomic mass is 19.4. The Kier molecular flexibility index (Phi) is 6.50. The summed E-state index contributed by atoms with van der Waals surface area (Å²) in [4.78, 5) is 12.3. The number of methoxy groups -OCH3 is 2. The standard InChI is InChI=1S/C20H19F3O4/c1-4-27-19-17(25-2)11-13(12-18(19)26-3)9-10-16(24)14-7-5-6-8-15(14)20(21,22)23/h5-12H,4H2,1-3H3/b10-9+. The summed E-state index contributed by atoms with van der Waals surface area (Å²) >= 11 is 0. The van der Waals surface area contributed by atoms with Gasteiger partial charge in [0.1, 0.15) is 0 Å². The van der Waals surface area contributed by atoms with E-state index in [0.717, 1.165) is 18.2 Å². The van der Waals surface area contributed by atoms with Gasteiger partial charge in [-0.1, -0.05) is 24.3 Å². The molecule has 2 rings (SSSR count). The zero-order valence-electron chi connectivity index (χ0n) is 15.1. The van der Waals surface area contributed by atoms with Gasteiger partial charge >= 0.3 is 6.18 Å². The molecule has 0 aliphatic carbocycles. The van der Waals surface area contributed by atoms with E-state index in [1.54, 1.807) is 12.1 Å². The lowest BCUT2D eigenvalue weighted by Crippen LogP contribution is -2.11. The second-order valence-electron chi connectivity index (χ2n) is 5.43. The van der Waals surface area contributed by atoms with Crippen molar-refractivity contribution < 1.29 is 32.2 Å². The molecule has 2 aromatic rings. The van der Waals surface area contributed by atoms with Crippen LogP contribution in [0, 0.1) is 0 Å². The molecule has 4 nitrogen and oxygen atoms in total. The maximum Gasteiger partial charge on any atom is 0.417 e. The normalized spacial score (nSPS) is 11.5. The molecule has 0 radical (unpaired) electrons. The number of alkyl halides is 3. The number of carbonyl (C=O) groups is 1. The largest absolute Gasteiger partial charge is 0.493 e. The molecule has 0 unspecified atom stereocenters. The quantitative estimate of drug-likeness (QED) is 0.500. The first-order valence-corrected chi connectivity index (χ1v) is 8.09. The summed E-state index contributed by atoms with van der Waals surface area (Å²) in [5, 5.41) is 0. The topological polar surface area (TPSA) is 44.8 Å². The van der Waals surface area contributed by atoms with Crippen LogP contribution in [-0.4, -0.2) is 26.6 Å². The van der Waals surface area contributed by atoms with Crippen LogP contribution in [0.4, 0.5) is 13.2 Å². The lowest BCUT2D eigenvalue weighted by atomic mass is 10.0. The number of allylic oxidation sites excluding steroid dienone is 1. The smallest absolute Gasteiger partial charge is 0.417 e. The minimum atomic E-state index is -4.61. The molecular formula is C20H19F3O4. The van der Waals surface area contributed by atoms with E-state index >= 15 is 0 Å². The lowest BCUT2D eigenvalue weighted by molar-refractivity contribution is -0.137. The van der Waals surface area contributed by atoms with Crippen molar-refractivity contribution in [2.75, 3.05) is 20.8 Å². The van der Waals surface area contributed by atoms with Crippen molar-refractivity contribution in [1.29, 1.82) is 0 Å². The van der Waals surface area contributed by atoms with Gasteiger partial charge in [0, 0.05) is 5.56 Å². The van der Waals surface area contributed by atoms with Crippen molar-refractivity contribution in [2.45, 2.75) is 13.1 Å². The molecule has 0 fully saturated rings. The Morgan fingerprint density at radius 1 is 1.07 bits per heavy atom. The fourth-order valence-electron chi connectivity index (χ4n) is 2.49. The van der Waals surface area contributed by atoms with Gasteiger partial charge in [0.25, 0.3) is 0 Å². The van der Waals surface area contributed by atoms with Crippen LogP contribution >= 0.6 is 0 Å². The molecule has 7 heteroatoms. The number of hydrogen-bond donors (Lipinski definition) is 0. The van der Waals surface area contributed by atoms with Crippen molar-refractivity contribution in [3.63, 3.8) is 0 Å². The predicted octanol–water partition coefficient (Wildman–Crippen LogP) is 5.02. The van der Waals surface area contributed by atoms with E-state index in [2.05, 4.69) is 0 Å². The van der Waals surface area contributed by atoms with Crippen LogP contribution in [0.2, 0.25) is 0 Å². The zero-order valence-corrected chi connectivity index (χ0v) is 15.1. The average molecular weight is 380 g/mol. The molecule has 0 amide bonds. The average Bonchev–Trinajstić information content (AvgIpc) is 2.66. The highest BCUT2D eigenvalue weighted by molar-refractivity contribution is 6.08. The van der Waals surface area contributed by atoms with Gasteiger partial charge in [0.05, 0.1) is 26.4 Å². The van der Waals surface area contributed by atoms with Crippen molar-refractivity contribution in [3.05, 3.63) is 59.2 Å². The van der Waals surface area contributed by atoms with Gasteiger partial charge in [-0.15, -0.1) is 0 Å².